The number of rotatable bonds is 7. The molecule has 0 heterocycles. The van der Waals surface area contributed by atoms with Crippen molar-refractivity contribution in [3.05, 3.63) is 29.8 Å². The summed E-state index contributed by atoms with van der Waals surface area (Å²) in [5.41, 5.74) is 1.19. The number of sulfonamides is 1. The van der Waals surface area contributed by atoms with Gasteiger partial charge in [-0.25, -0.2) is 13.1 Å². The van der Waals surface area contributed by atoms with E-state index >= 15 is 0 Å². The van der Waals surface area contributed by atoms with Gasteiger partial charge in [0.2, 0.25) is 10.0 Å². The van der Waals surface area contributed by atoms with E-state index in [1.807, 2.05) is 12.1 Å². The lowest BCUT2D eigenvalue weighted by molar-refractivity contribution is 0.472. The number of benzene rings is 1. The predicted molar refractivity (Wildman–Crippen MR) is 76.6 cm³/mol. The molecule has 1 saturated carbocycles. The van der Waals surface area contributed by atoms with Crippen LogP contribution < -0.4 is 10.0 Å². The third-order valence-corrected chi connectivity index (χ3v) is 5.05. The standard InChI is InChI=1S/C14H22N2O2S/c1-3-16-14(12-6-7-12)10-11-4-8-13(9-5-11)19(17,18)15-2/h4-5,8-9,12,14-16H,3,6-7,10H2,1-2H3. The second kappa shape index (κ2) is 6.03. The van der Waals surface area contributed by atoms with E-state index in [9.17, 15) is 8.42 Å². The minimum absolute atomic E-state index is 0.324. The summed E-state index contributed by atoms with van der Waals surface area (Å²) in [4.78, 5) is 0.324. The van der Waals surface area contributed by atoms with Crippen molar-refractivity contribution in [1.82, 2.24) is 10.0 Å². The molecule has 0 radical (unpaired) electrons. The van der Waals surface area contributed by atoms with E-state index in [2.05, 4.69) is 17.0 Å². The van der Waals surface area contributed by atoms with Gasteiger partial charge in [-0.2, -0.15) is 0 Å². The van der Waals surface area contributed by atoms with Gasteiger partial charge < -0.3 is 5.32 Å². The fourth-order valence-corrected chi connectivity index (χ4v) is 3.07. The summed E-state index contributed by atoms with van der Waals surface area (Å²) in [7, 11) is -1.90. The molecule has 1 aliphatic rings. The summed E-state index contributed by atoms with van der Waals surface area (Å²) in [5.74, 6) is 0.792. The van der Waals surface area contributed by atoms with Crippen LogP contribution in [0.4, 0.5) is 0 Å². The van der Waals surface area contributed by atoms with Gasteiger partial charge in [-0.15, -0.1) is 0 Å². The van der Waals surface area contributed by atoms with Crippen molar-refractivity contribution in [2.24, 2.45) is 5.92 Å². The Kier molecular flexibility index (Phi) is 4.60. The molecule has 0 aliphatic heterocycles. The lowest BCUT2D eigenvalue weighted by Gasteiger charge is -2.17. The maximum absolute atomic E-state index is 11.6. The highest BCUT2D eigenvalue weighted by Crippen LogP contribution is 2.34. The van der Waals surface area contributed by atoms with Gasteiger partial charge in [-0.1, -0.05) is 19.1 Å². The van der Waals surface area contributed by atoms with E-state index in [0.717, 1.165) is 18.9 Å². The van der Waals surface area contributed by atoms with Gasteiger partial charge in [0.25, 0.3) is 0 Å². The minimum Gasteiger partial charge on any atom is -0.314 e. The first-order valence-electron chi connectivity index (χ1n) is 6.82. The third kappa shape index (κ3) is 3.78. The predicted octanol–water partition coefficient (Wildman–Crippen LogP) is 1.53. The minimum atomic E-state index is -3.32. The third-order valence-electron chi connectivity index (χ3n) is 3.62. The van der Waals surface area contributed by atoms with Crippen molar-refractivity contribution < 1.29 is 8.42 Å². The first-order chi connectivity index (χ1) is 9.06. The molecule has 0 spiro atoms. The first-order valence-corrected chi connectivity index (χ1v) is 8.31. The molecule has 0 bridgehead atoms. The number of hydrogen-bond acceptors (Lipinski definition) is 3. The highest BCUT2D eigenvalue weighted by atomic mass is 32.2. The molecule has 0 saturated heterocycles. The lowest BCUT2D eigenvalue weighted by Crippen LogP contribution is -2.32. The molecule has 0 aromatic heterocycles. The van der Waals surface area contributed by atoms with Crippen LogP contribution in [0.2, 0.25) is 0 Å². The molecule has 0 amide bonds. The Labute approximate surface area is 115 Å². The summed E-state index contributed by atoms with van der Waals surface area (Å²) < 4.78 is 25.6. The molecule has 2 rings (SSSR count). The largest absolute Gasteiger partial charge is 0.314 e. The quantitative estimate of drug-likeness (QED) is 0.797. The Morgan fingerprint density at radius 2 is 1.89 bits per heavy atom. The molecular formula is C14H22N2O2S. The van der Waals surface area contributed by atoms with Crippen molar-refractivity contribution in [2.75, 3.05) is 13.6 Å². The zero-order valence-corrected chi connectivity index (χ0v) is 12.3. The smallest absolute Gasteiger partial charge is 0.240 e. The van der Waals surface area contributed by atoms with Gasteiger partial charge in [0, 0.05) is 6.04 Å². The fraction of sp³-hybridized carbons (Fsp3) is 0.571. The summed E-state index contributed by atoms with van der Waals surface area (Å²) >= 11 is 0. The average Bonchev–Trinajstić information content (AvgIpc) is 3.23. The summed E-state index contributed by atoms with van der Waals surface area (Å²) in [6, 6.07) is 7.71. The van der Waals surface area contributed by atoms with E-state index in [4.69, 9.17) is 0 Å². The average molecular weight is 282 g/mol. The molecule has 1 atom stereocenters. The topological polar surface area (TPSA) is 58.2 Å². The molecule has 5 heteroatoms. The highest BCUT2D eigenvalue weighted by molar-refractivity contribution is 7.89. The summed E-state index contributed by atoms with van der Waals surface area (Å²) in [5, 5.41) is 3.52. The van der Waals surface area contributed by atoms with Gasteiger partial charge in [0.1, 0.15) is 0 Å². The van der Waals surface area contributed by atoms with Crippen LogP contribution in [0, 0.1) is 5.92 Å². The van der Waals surface area contributed by atoms with Gasteiger partial charge >= 0.3 is 0 Å². The second-order valence-electron chi connectivity index (χ2n) is 5.06. The maximum atomic E-state index is 11.6. The summed E-state index contributed by atoms with van der Waals surface area (Å²) in [6.07, 6.45) is 3.59. The van der Waals surface area contributed by atoms with E-state index in [1.54, 1.807) is 12.1 Å². The van der Waals surface area contributed by atoms with Crippen molar-refractivity contribution in [3.63, 3.8) is 0 Å². The molecule has 1 aliphatic carbocycles. The van der Waals surface area contributed by atoms with E-state index in [-0.39, 0.29) is 0 Å². The van der Waals surface area contributed by atoms with Crippen LogP contribution in [0.3, 0.4) is 0 Å². The van der Waals surface area contributed by atoms with Gasteiger partial charge in [0.15, 0.2) is 0 Å². The molecule has 4 nitrogen and oxygen atoms in total. The van der Waals surface area contributed by atoms with E-state index in [1.165, 1.54) is 25.5 Å². The number of nitrogens with one attached hydrogen (secondary N) is 2. The molecule has 106 valence electrons. The van der Waals surface area contributed by atoms with Crippen molar-refractivity contribution in [2.45, 2.75) is 37.1 Å². The van der Waals surface area contributed by atoms with Crippen molar-refractivity contribution in [3.8, 4) is 0 Å². The van der Waals surface area contributed by atoms with Gasteiger partial charge in [-0.3, -0.25) is 0 Å². The summed E-state index contributed by atoms with van der Waals surface area (Å²) in [6.45, 7) is 3.10. The molecule has 19 heavy (non-hydrogen) atoms. The van der Waals surface area contributed by atoms with Crippen LogP contribution in [-0.4, -0.2) is 28.1 Å². The van der Waals surface area contributed by atoms with Crippen LogP contribution in [0.15, 0.2) is 29.2 Å². The Morgan fingerprint density at radius 1 is 1.26 bits per heavy atom. The monoisotopic (exact) mass is 282 g/mol. The van der Waals surface area contributed by atoms with Gasteiger partial charge in [0.05, 0.1) is 4.90 Å². The molecule has 1 fully saturated rings. The highest BCUT2D eigenvalue weighted by Gasteiger charge is 2.30. The van der Waals surface area contributed by atoms with Crippen molar-refractivity contribution >= 4 is 10.0 Å². The van der Waals surface area contributed by atoms with Crippen molar-refractivity contribution in [1.29, 1.82) is 0 Å². The number of likely N-dealkylation sites (N-methyl/N-ethyl adjacent to an activating group) is 1. The Hall–Kier alpha value is -0.910. The molecule has 1 aromatic rings. The van der Waals surface area contributed by atoms with E-state index in [0.29, 0.717) is 10.9 Å². The zero-order chi connectivity index (χ0) is 13.9. The Bertz CT molecular complexity index is 507. The second-order valence-corrected chi connectivity index (χ2v) is 6.94. The number of hydrogen-bond donors (Lipinski definition) is 2. The van der Waals surface area contributed by atoms with E-state index < -0.39 is 10.0 Å². The van der Waals surface area contributed by atoms with Crippen LogP contribution in [0.25, 0.3) is 0 Å². The molecule has 1 unspecified atom stereocenters. The van der Waals surface area contributed by atoms with Crippen LogP contribution in [0.1, 0.15) is 25.3 Å². The van der Waals surface area contributed by atoms with Gasteiger partial charge in [-0.05, 0) is 56.5 Å². The Balaban J connectivity index is 2.05. The SMILES string of the molecule is CCNC(Cc1ccc(S(=O)(=O)NC)cc1)C1CC1. The Morgan fingerprint density at radius 3 is 2.37 bits per heavy atom. The lowest BCUT2D eigenvalue weighted by atomic mass is 10.0. The first kappa shape index (κ1) is 14.5. The van der Waals surface area contributed by atoms with Crippen LogP contribution in [0.5, 0.6) is 0 Å². The van der Waals surface area contributed by atoms with Crippen LogP contribution >= 0.6 is 0 Å². The zero-order valence-electron chi connectivity index (χ0n) is 11.5. The molecule has 2 N–H and O–H groups in total. The molecular weight excluding hydrogens is 260 g/mol. The molecule has 1 aromatic carbocycles. The van der Waals surface area contributed by atoms with Crippen LogP contribution in [-0.2, 0) is 16.4 Å². The normalized spacial score (nSPS) is 17.4. The maximum Gasteiger partial charge on any atom is 0.240 e. The fourth-order valence-electron chi connectivity index (χ4n) is 2.34.